The molecule has 4 nitrogen and oxygen atoms in total. The average Bonchev–Trinajstić information content (AvgIpc) is 2.96. The summed E-state index contributed by atoms with van der Waals surface area (Å²) in [5.74, 6) is -59.3. The van der Waals surface area contributed by atoms with E-state index in [0.29, 0.717) is 19.3 Å². The summed E-state index contributed by atoms with van der Waals surface area (Å²) in [6, 6.07) is 0. The molecular formula is C27H37F17O4. The first-order valence-corrected chi connectivity index (χ1v) is 14.9. The Morgan fingerprint density at radius 1 is 0.521 bits per heavy atom. The highest BCUT2D eigenvalue weighted by Crippen LogP contribution is 2.64. The molecule has 0 radical (unpaired) electrons. The lowest BCUT2D eigenvalue weighted by Gasteiger charge is -2.51. The molecule has 0 bridgehead atoms. The molecule has 1 heterocycles. The molecule has 1 aliphatic heterocycles. The van der Waals surface area contributed by atoms with Crippen molar-refractivity contribution in [2.75, 3.05) is 26.4 Å². The number of alkyl halides is 17. The molecule has 1 saturated heterocycles. The van der Waals surface area contributed by atoms with E-state index in [4.69, 9.17) is 18.9 Å². The van der Waals surface area contributed by atoms with Crippen molar-refractivity contribution in [3.8, 4) is 0 Å². The zero-order valence-electron chi connectivity index (χ0n) is 26.0. The smallest absolute Gasteiger partial charge is 0.367 e. The third-order valence-corrected chi connectivity index (χ3v) is 7.66. The lowest BCUT2D eigenvalue weighted by Crippen LogP contribution is -2.74. The van der Waals surface area contributed by atoms with Gasteiger partial charge in [0.1, 0.15) is 5.60 Å². The Morgan fingerprint density at radius 2 is 0.896 bits per heavy atom. The molecule has 288 valence electrons. The van der Waals surface area contributed by atoms with Gasteiger partial charge in [-0.1, -0.05) is 40.0 Å². The molecular weight excluding hydrogens is 711 g/mol. The van der Waals surface area contributed by atoms with E-state index in [9.17, 15) is 65.9 Å². The van der Waals surface area contributed by atoms with Crippen LogP contribution in [0.25, 0.3) is 0 Å². The van der Waals surface area contributed by atoms with Gasteiger partial charge in [0.15, 0.2) is 0 Å². The summed E-state index contributed by atoms with van der Waals surface area (Å²) in [6.07, 6.45) is -10.5. The van der Waals surface area contributed by atoms with Gasteiger partial charge in [0.25, 0.3) is 0 Å². The molecule has 0 aromatic heterocycles. The minimum atomic E-state index is -8.68. The van der Waals surface area contributed by atoms with Crippen LogP contribution in [0.4, 0.5) is 74.6 Å². The quantitative estimate of drug-likeness (QED) is 0.0666. The van der Waals surface area contributed by atoms with Gasteiger partial charge in [-0.3, -0.25) is 0 Å². The molecule has 0 N–H and O–H groups in total. The van der Waals surface area contributed by atoms with Crippen LogP contribution >= 0.6 is 0 Å². The fourth-order valence-electron chi connectivity index (χ4n) is 4.57. The van der Waals surface area contributed by atoms with Crippen molar-refractivity contribution in [3.63, 3.8) is 0 Å². The summed E-state index contributed by atoms with van der Waals surface area (Å²) in [4.78, 5) is 0. The first-order valence-electron chi connectivity index (χ1n) is 14.9. The molecule has 0 aromatic carbocycles. The third kappa shape index (κ3) is 7.77. The van der Waals surface area contributed by atoms with Crippen LogP contribution in [0.15, 0.2) is 0 Å². The highest BCUT2D eigenvalue weighted by Gasteiger charge is 2.95. The van der Waals surface area contributed by atoms with Crippen molar-refractivity contribution in [1.29, 1.82) is 0 Å². The fraction of sp³-hybridized carbons (Fsp3) is 1.00. The zero-order valence-corrected chi connectivity index (χ0v) is 26.0. The summed E-state index contributed by atoms with van der Waals surface area (Å²) in [7, 11) is 0. The highest BCUT2D eigenvalue weighted by molar-refractivity contribution is 5.15. The number of rotatable bonds is 21. The molecule has 21 heteroatoms. The normalized spacial score (nSPS) is 20.8. The first-order chi connectivity index (χ1) is 21.6. The molecule has 1 aliphatic rings. The van der Waals surface area contributed by atoms with Crippen molar-refractivity contribution in [1.82, 2.24) is 0 Å². The average molecular weight is 749 g/mol. The second kappa shape index (κ2) is 15.5. The van der Waals surface area contributed by atoms with E-state index in [-0.39, 0.29) is 52.1 Å². The third-order valence-electron chi connectivity index (χ3n) is 7.66. The molecule has 0 amide bonds. The summed E-state index contributed by atoms with van der Waals surface area (Å²) in [5, 5.41) is 0. The van der Waals surface area contributed by atoms with Crippen LogP contribution in [0.1, 0.15) is 85.0 Å². The largest absolute Gasteiger partial charge is 0.460 e. The van der Waals surface area contributed by atoms with Crippen LogP contribution < -0.4 is 0 Å². The maximum Gasteiger partial charge on any atom is 0.460 e. The number of unbranched alkanes of at least 4 members (excludes halogenated alkanes) is 3. The maximum absolute atomic E-state index is 15.0. The molecule has 0 saturated carbocycles. The molecule has 1 unspecified atom stereocenters. The number of ether oxygens (including phenoxy) is 4. The van der Waals surface area contributed by atoms with Gasteiger partial charge in [-0.05, 0) is 38.5 Å². The number of halogens is 17. The Labute approximate surface area is 264 Å². The van der Waals surface area contributed by atoms with Gasteiger partial charge in [0.2, 0.25) is 0 Å². The zero-order chi connectivity index (χ0) is 37.7. The van der Waals surface area contributed by atoms with Gasteiger partial charge in [0.05, 0.1) is 19.8 Å². The van der Waals surface area contributed by atoms with Crippen molar-refractivity contribution in [2.45, 2.75) is 144 Å². The number of hydrogen-bond donors (Lipinski definition) is 0. The maximum atomic E-state index is 15.0. The van der Waals surface area contributed by atoms with E-state index in [1.165, 1.54) is 0 Å². The first kappa shape index (κ1) is 44.7. The molecule has 1 fully saturated rings. The molecule has 0 aromatic rings. The van der Waals surface area contributed by atoms with Crippen LogP contribution in [-0.4, -0.2) is 85.6 Å². The van der Waals surface area contributed by atoms with E-state index in [1.807, 2.05) is 0 Å². The fourth-order valence-corrected chi connectivity index (χ4v) is 4.57. The van der Waals surface area contributed by atoms with Crippen molar-refractivity contribution in [3.05, 3.63) is 0 Å². The topological polar surface area (TPSA) is 36.9 Å². The molecule has 1 atom stereocenters. The van der Waals surface area contributed by atoms with E-state index in [1.54, 1.807) is 20.8 Å². The van der Waals surface area contributed by atoms with Crippen molar-refractivity contribution >= 4 is 0 Å². The molecule has 1 rings (SSSR count). The Balaban J connectivity index is 3.69. The van der Waals surface area contributed by atoms with Gasteiger partial charge in [0, 0.05) is 13.0 Å². The lowest BCUT2D eigenvalue weighted by atomic mass is 9.82. The van der Waals surface area contributed by atoms with E-state index < -0.39 is 78.5 Å². The van der Waals surface area contributed by atoms with Crippen LogP contribution in [0.3, 0.4) is 0 Å². The van der Waals surface area contributed by atoms with E-state index >= 15 is 8.78 Å². The van der Waals surface area contributed by atoms with Crippen molar-refractivity contribution in [2.24, 2.45) is 0 Å². The SMILES string of the molecule is CCCCOC1(CCC(F)(F)C(F)(F)C(F)(F)C(F)(F)C(F)(F)C(F)(F)C(F)(F)C(F)(F)F)CCCOC1(OCCCC)OCCCC. The summed E-state index contributed by atoms with van der Waals surface area (Å²) in [6.45, 7) is 4.01. The Morgan fingerprint density at radius 3 is 1.29 bits per heavy atom. The summed E-state index contributed by atoms with van der Waals surface area (Å²) >= 11 is 0. The minimum absolute atomic E-state index is 0.0902. The van der Waals surface area contributed by atoms with Crippen LogP contribution in [0.5, 0.6) is 0 Å². The molecule has 0 spiro atoms. The predicted octanol–water partition coefficient (Wildman–Crippen LogP) is 10.4. The minimum Gasteiger partial charge on any atom is -0.367 e. The monoisotopic (exact) mass is 748 g/mol. The van der Waals surface area contributed by atoms with Gasteiger partial charge in [-0.15, -0.1) is 0 Å². The van der Waals surface area contributed by atoms with Gasteiger partial charge in [-0.2, -0.15) is 74.6 Å². The summed E-state index contributed by atoms with van der Waals surface area (Å²) < 4.78 is 258. The number of hydrogen-bond acceptors (Lipinski definition) is 4. The Bertz CT molecular complexity index is 993. The van der Waals surface area contributed by atoms with Gasteiger partial charge < -0.3 is 18.9 Å². The predicted molar refractivity (Wildman–Crippen MR) is 133 cm³/mol. The molecule has 48 heavy (non-hydrogen) atoms. The van der Waals surface area contributed by atoms with Crippen LogP contribution in [0.2, 0.25) is 0 Å². The molecule has 0 aliphatic carbocycles. The second-order valence-electron chi connectivity index (χ2n) is 11.3. The van der Waals surface area contributed by atoms with Crippen molar-refractivity contribution < 1.29 is 93.6 Å². The van der Waals surface area contributed by atoms with Crippen LogP contribution in [-0.2, 0) is 18.9 Å². The summed E-state index contributed by atoms with van der Waals surface area (Å²) in [5.41, 5.74) is -2.38. The highest BCUT2D eigenvalue weighted by atomic mass is 19.4. The lowest BCUT2D eigenvalue weighted by molar-refractivity contribution is -0.467. The van der Waals surface area contributed by atoms with Gasteiger partial charge in [-0.25, -0.2) is 0 Å². The van der Waals surface area contributed by atoms with Crippen LogP contribution in [0, 0.1) is 0 Å². The Hall–Kier alpha value is -1.35. The van der Waals surface area contributed by atoms with E-state index in [0.717, 1.165) is 0 Å². The second-order valence-corrected chi connectivity index (χ2v) is 11.3. The van der Waals surface area contributed by atoms with Gasteiger partial charge >= 0.3 is 53.6 Å². The Kier molecular flexibility index (Phi) is 14.4. The van der Waals surface area contributed by atoms with E-state index in [2.05, 4.69) is 0 Å². The standard InChI is InChI=1S/C27H37F17O4/c1-4-7-14-45-18(11-10-17-48-27(18,46-15-8-5-2)47-16-9-6-3)12-13-19(28,29)20(30,31)21(32,33)22(34,35)23(36,37)24(38,39)25(40,41)26(42,43)44/h4-17H2,1-3H3.